The van der Waals surface area contributed by atoms with Gasteiger partial charge in [-0.15, -0.1) is 0 Å². The maximum Gasteiger partial charge on any atom is 0.115 e. The maximum atomic E-state index is 8.70. The monoisotopic (exact) mass is 270 g/mol. The molecule has 0 fully saturated rings. The topological polar surface area (TPSA) is 71.4 Å². The van der Waals surface area contributed by atoms with E-state index in [2.05, 4.69) is 0 Å². The average molecular weight is 271 g/mol. The molecule has 0 saturated carbocycles. The standard InChI is InChI=1S/C6H5ClO.3CH2O.Cr/c7-5-1-3-6(8)4-2-5;3*1-2;/h1-4,8H;3*1H2;. The summed E-state index contributed by atoms with van der Waals surface area (Å²) in [6.07, 6.45) is 0. The van der Waals surface area contributed by atoms with Crippen LogP contribution in [0.5, 0.6) is 5.75 Å². The minimum atomic E-state index is 0. The molecule has 15 heavy (non-hydrogen) atoms. The van der Waals surface area contributed by atoms with Crippen LogP contribution in [0, 0.1) is 0 Å². The molecule has 0 heterocycles. The first-order valence-electron chi connectivity index (χ1n) is 3.10. The summed E-state index contributed by atoms with van der Waals surface area (Å²) in [7, 11) is 0. The van der Waals surface area contributed by atoms with Gasteiger partial charge in [0.25, 0.3) is 0 Å². The summed E-state index contributed by atoms with van der Waals surface area (Å²) in [5, 5.41) is 9.34. The predicted molar refractivity (Wildman–Crippen MR) is 54.5 cm³/mol. The molecule has 0 amide bonds. The van der Waals surface area contributed by atoms with E-state index in [1.54, 1.807) is 24.3 Å². The van der Waals surface area contributed by atoms with Gasteiger partial charge >= 0.3 is 0 Å². The van der Waals surface area contributed by atoms with Crippen LogP contribution in [0.2, 0.25) is 5.02 Å². The third kappa shape index (κ3) is 19.3. The Balaban J connectivity index is -0.0000000755. The third-order valence-electron chi connectivity index (χ3n) is 0.827. The number of phenolic OH excluding ortho intramolecular Hbond substituents is 1. The summed E-state index contributed by atoms with van der Waals surface area (Å²) in [5.74, 6) is 0.245. The fourth-order valence-electron chi connectivity index (χ4n) is 0.441. The normalized spacial score (nSPS) is 5.67. The number of carbonyl (C=O) groups excluding carboxylic acids is 3. The summed E-state index contributed by atoms with van der Waals surface area (Å²) in [6, 6.07) is 6.36. The van der Waals surface area contributed by atoms with Crippen LogP contribution in [-0.4, -0.2) is 25.5 Å². The number of benzene rings is 1. The van der Waals surface area contributed by atoms with Crippen LogP contribution in [0.3, 0.4) is 0 Å². The van der Waals surface area contributed by atoms with Crippen LogP contribution in [0.1, 0.15) is 0 Å². The molecule has 0 bridgehead atoms. The van der Waals surface area contributed by atoms with Crippen LogP contribution >= 0.6 is 11.6 Å². The van der Waals surface area contributed by atoms with Gasteiger partial charge in [-0.3, -0.25) is 0 Å². The van der Waals surface area contributed by atoms with Gasteiger partial charge in [-0.1, -0.05) is 11.6 Å². The summed E-state index contributed by atoms with van der Waals surface area (Å²) in [4.78, 5) is 24.0. The number of hydrogen-bond donors (Lipinski definition) is 1. The van der Waals surface area contributed by atoms with E-state index in [1.807, 2.05) is 20.4 Å². The van der Waals surface area contributed by atoms with Gasteiger partial charge in [0.1, 0.15) is 26.1 Å². The van der Waals surface area contributed by atoms with Gasteiger partial charge in [0.05, 0.1) is 0 Å². The average Bonchev–Trinajstić information content (AvgIpc) is 2.31. The molecule has 0 unspecified atom stereocenters. The second-order valence-corrected chi connectivity index (χ2v) is 1.91. The Morgan fingerprint density at radius 1 is 0.867 bits per heavy atom. The van der Waals surface area contributed by atoms with Crippen molar-refractivity contribution >= 4 is 32.0 Å². The largest absolute Gasteiger partial charge is 0.508 e. The molecule has 0 saturated heterocycles. The van der Waals surface area contributed by atoms with Crippen molar-refractivity contribution < 1.29 is 36.9 Å². The molecule has 84 valence electrons. The van der Waals surface area contributed by atoms with Gasteiger partial charge in [-0.25, -0.2) is 0 Å². The first-order chi connectivity index (χ1) is 6.79. The zero-order valence-electron chi connectivity index (χ0n) is 7.89. The van der Waals surface area contributed by atoms with E-state index in [9.17, 15) is 0 Å². The molecule has 0 atom stereocenters. The Hall–Kier alpha value is -1.15. The minimum absolute atomic E-state index is 0. The Morgan fingerprint density at radius 3 is 1.33 bits per heavy atom. The minimum Gasteiger partial charge on any atom is -0.508 e. The van der Waals surface area contributed by atoms with Crippen LogP contribution in [0.25, 0.3) is 0 Å². The van der Waals surface area contributed by atoms with Crippen molar-refractivity contribution in [1.29, 1.82) is 0 Å². The molecular weight excluding hydrogens is 260 g/mol. The number of halogens is 1. The van der Waals surface area contributed by atoms with Gasteiger partial charge in [-0.2, -0.15) is 0 Å². The second kappa shape index (κ2) is 23.0. The van der Waals surface area contributed by atoms with E-state index in [0.29, 0.717) is 5.02 Å². The molecule has 0 spiro atoms. The van der Waals surface area contributed by atoms with Gasteiger partial charge in [-0.05, 0) is 24.3 Å². The number of phenols is 1. The molecule has 0 aliphatic rings. The second-order valence-electron chi connectivity index (χ2n) is 1.48. The fraction of sp³-hybridized carbons (Fsp3) is 0. The van der Waals surface area contributed by atoms with E-state index in [0.717, 1.165) is 0 Å². The van der Waals surface area contributed by atoms with Crippen molar-refractivity contribution in [2.24, 2.45) is 0 Å². The smallest absolute Gasteiger partial charge is 0.115 e. The van der Waals surface area contributed by atoms with Crippen molar-refractivity contribution in [2.45, 2.75) is 0 Å². The Labute approximate surface area is 104 Å². The summed E-state index contributed by atoms with van der Waals surface area (Å²) in [5.41, 5.74) is 0. The van der Waals surface area contributed by atoms with Gasteiger partial charge in [0.2, 0.25) is 0 Å². The molecule has 0 aliphatic heterocycles. The first-order valence-corrected chi connectivity index (χ1v) is 3.48. The molecule has 0 aromatic heterocycles. The van der Waals surface area contributed by atoms with Crippen molar-refractivity contribution in [3.05, 3.63) is 29.3 Å². The molecule has 0 radical (unpaired) electrons. The number of aromatic hydroxyl groups is 1. The van der Waals surface area contributed by atoms with E-state index in [-0.39, 0.29) is 23.1 Å². The van der Waals surface area contributed by atoms with E-state index < -0.39 is 0 Å². The van der Waals surface area contributed by atoms with E-state index in [1.165, 1.54) is 0 Å². The van der Waals surface area contributed by atoms with E-state index in [4.69, 9.17) is 31.1 Å². The van der Waals surface area contributed by atoms with Crippen LogP contribution in [-0.2, 0) is 31.7 Å². The van der Waals surface area contributed by atoms with Crippen molar-refractivity contribution in [2.75, 3.05) is 0 Å². The molecule has 1 aromatic rings. The van der Waals surface area contributed by atoms with E-state index >= 15 is 0 Å². The van der Waals surface area contributed by atoms with Crippen molar-refractivity contribution in [3.8, 4) is 5.75 Å². The summed E-state index contributed by atoms with van der Waals surface area (Å²) < 4.78 is 0. The van der Waals surface area contributed by atoms with Gasteiger partial charge in [0.15, 0.2) is 0 Å². The third-order valence-corrected chi connectivity index (χ3v) is 1.08. The molecular formula is C9H11ClCrO4. The van der Waals surface area contributed by atoms with Gasteiger partial charge in [0, 0.05) is 22.4 Å². The van der Waals surface area contributed by atoms with Crippen LogP contribution < -0.4 is 0 Å². The molecule has 0 aliphatic carbocycles. The number of carbonyl (C=O) groups is 3. The molecule has 4 nitrogen and oxygen atoms in total. The molecule has 6 heteroatoms. The van der Waals surface area contributed by atoms with Gasteiger partial charge < -0.3 is 19.5 Å². The Kier molecular flexibility index (Phi) is 36.2. The summed E-state index contributed by atoms with van der Waals surface area (Å²) >= 11 is 5.50. The quantitative estimate of drug-likeness (QED) is 0.775. The Bertz CT molecular complexity index is 192. The van der Waals surface area contributed by atoms with Crippen molar-refractivity contribution in [1.82, 2.24) is 0 Å². The van der Waals surface area contributed by atoms with Crippen LogP contribution in [0.15, 0.2) is 24.3 Å². The number of rotatable bonds is 0. The molecule has 1 N–H and O–H groups in total. The van der Waals surface area contributed by atoms with Crippen molar-refractivity contribution in [3.63, 3.8) is 0 Å². The zero-order chi connectivity index (χ0) is 12.0. The molecule has 1 aromatic carbocycles. The molecule has 1 rings (SSSR count). The Morgan fingerprint density at radius 2 is 1.13 bits per heavy atom. The summed E-state index contributed by atoms with van der Waals surface area (Å²) in [6.45, 7) is 6.00. The number of hydrogen-bond acceptors (Lipinski definition) is 4. The maximum absolute atomic E-state index is 8.70. The zero-order valence-corrected chi connectivity index (χ0v) is 9.92. The van der Waals surface area contributed by atoms with Crippen LogP contribution in [0.4, 0.5) is 0 Å². The SMILES string of the molecule is C=O.C=O.C=O.Oc1ccc(Cl)cc1.[Cr]. The first kappa shape index (κ1) is 23.6. The predicted octanol–water partition coefficient (Wildman–Crippen LogP) is 1.49. The fourth-order valence-corrected chi connectivity index (χ4v) is 0.567.